The van der Waals surface area contributed by atoms with Crippen LogP contribution >= 0.6 is 11.3 Å². The van der Waals surface area contributed by atoms with Crippen molar-refractivity contribution in [1.29, 1.82) is 5.26 Å². The molecule has 0 radical (unpaired) electrons. The molecule has 2 heterocycles. The van der Waals surface area contributed by atoms with Crippen molar-refractivity contribution in [1.82, 2.24) is 4.90 Å². The van der Waals surface area contributed by atoms with Crippen LogP contribution < -0.4 is 0 Å². The predicted molar refractivity (Wildman–Crippen MR) is 58.3 cm³/mol. The minimum absolute atomic E-state index is 0.0972. The molecule has 0 N–H and O–H groups in total. The number of likely N-dealkylation sites (tertiary alicyclic amines) is 1. The maximum Gasteiger partial charge on any atom is 0.224 e. The van der Waals surface area contributed by atoms with Gasteiger partial charge in [0.25, 0.3) is 0 Å². The number of nitriles is 1. The first-order valence-corrected chi connectivity index (χ1v) is 5.92. The van der Waals surface area contributed by atoms with Gasteiger partial charge in [0.15, 0.2) is 0 Å². The molecular formula is C11H12N2OS. The van der Waals surface area contributed by atoms with Gasteiger partial charge in [-0.25, -0.2) is 0 Å². The molecule has 1 aromatic rings. The first-order chi connectivity index (χ1) is 7.29. The van der Waals surface area contributed by atoms with Gasteiger partial charge in [-0.05, 0) is 28.8 Å². The summed E-state index contributed by atoms with van der Waals surface area (Å²) >= 11 is 1.67. The van der Waals surface area contributed by atoms with E-state index in [-0.39, 0.29) is 11.8 Å². The number of thiophene rings is 1. The third-order valence-corrected chi connectivity index (χ3v) is 3.38. The minimum Gasteiger partial charge on any atom is -0.341 e. The summed E-state index contributed by atoms with van der Waals surface area (Å²) in [6.45, 7) is 1.35. The van der Waals surface area contributed by atoms with E-state index < -0.39 is 0 Å². The van der Waals surface area contributed by atoms with E-state index in [2.05, 4.69) is 17.5 Å². The van der Waals surface area contributed by atoms with E-state index in [9.17, 15) is 4.79 Å². The number of carbonyl (C=O) groups is 1. The van der Waals surface area contributed by atoms with Crippen LogP contribution in [-0.2, 0) is 11.2 Å². The van der Waals surface area contributed by atoms with E-state index >= 15 is 0 Å². The fraction of sp³-hybridized carbons (Fsp3) is 0.455. The second-order valence-corrected chi connectivity index (χ2v) is 4.53. The van der Waals surface area contributed by atoms with Crippen molar-refractivity contribution in [2.45, 2.75) is 12.8 Å². The number of amides is 1. The zero-order chi connectivity index (χ0) is 10.7. The molecule has 1 unspecified atom stereocenters. The van der Waals surface area contributed by atoms with Crippen LogP contribution in [0.4, 0.5) is 0 Å². The zero-order valence-corrected chi connectivity index (χ0v) is 9.17. The molecule has 2 rings (SSSR count). The van der Waals surface area contributed by atoms with Crippen LogP contribution in [0.2, 0.25) is 0 Å². The molecule has 1 atom stereocenters. The largest absolute Gasteiger partial charge is 0.341 e. The van der Waals surface area contributed by atoms with Crippen molar-refractivity contribution < 1.29 is 4.79 Å². The molecule has 1 fully saturated rings. The van der Waals surface area contributed by atoms with Crippen molar-refractivity contribution in [3.63, 3.8) is 0 Å². The van der Waals surface area contributed by atoms with Crippen LogP contribution in [0.5, 0.6) is 0 Å². The summed E-state index contributed by atoms with van der Waals surface area (Å²) in [4.78, 5) is 13.3. The maximum atomic E-state index is 11.5. The molecule has 0 aromatic carbocycles. The lowest BCUT2D eigenvalue weighted by molar-refractivity contribution is -0.127. The van der Waals surface area contributed by atoms with Crippen molar-refractivity contribution in [2.75, 3.05) is 13.1 Å². The molecule has 0 spiro atoms. The highest BCUT2D eigenvalue weighted by molar-refractivity contribution is 7.07. The van der Waals surface area contributed by atoms with Gasteiger partial charge in [-0.1, -0.05) is 0 Å². The van der Waals surface area contributed by atoms with Gasteiger partial charge in [-0.3, -0.25) is 4.79 Å². The molecule has 15 heavy (non-hydrogen) atoms. The summed E-state index contributed by atoms with van der Waals surface area (Å²) in [5.41, 5.74) is 1.27. The zero-order valence-electron chi connectivity index (χ0n) is 8.35. The SMILES string of the molecule is N#CC1CC(=O)N(CCc2ccsc2)C1. The number of rotatable bonds is 3. The Hall–Kier alpha value is -1.34. The highest BCUT2D eigenvalue weighted by atomic mass is 32.1. The topological polar surface area (TPSA) is 44.1 Å². The Balaban J connectivity index is 1.86. The van der Waals surface area contributed by atoms with Crippen LogP contribution in [0, 0.1) is 17.2 Å². The lowest BCUT2D eigenvalue weighted by Crippen LogP contribution is -2.27. The monoisotopic (exact) mass is 220 g/mol. The van der Waals surface area contributed by atoms with Crippen LogP contribution in [0.1, 0.15) is 12.0 Å². The Morgan fingerprint density at radius 3 is 3.13 bits per heavy atom. The van der Waals surface area contributed by atoms with Gasteiger partial charge < -0.3 is 4.90 Å². The fourth-order valence-electron chi connectivity index (χ4n) is 1.77. The van der Waals surface area contributed by atoms with E-state index in [4.69, 9.17) is 5.26 Å². The van der Waals surface area contributed by atoms with Gasteiger partial charge in [0.2, 0.25) is 5.91 Å². The Labute approximate surface area is 92.9 Å². The van der Waals surface area contributed by atoms with Crippen LogP contribution in [0.3, 0.4) is 0 Å². The quantitative estimate of drug-likeness (QED) is 0.777. The molecule has 0 bridgehead atoms. The average molecular weight is 220 g/mol. The van der Waals surface area contributed by atoms with Crippen LogP contribution in [0.25, 0.3) is 0 Å². The highest BCUT2D eigenvalue weighted by Gasteiger charge is 2.28. The van der Waals surface area contributed by atoms with Crippen LogP contribution in [-0.4, -0.2) is 23.9 Å². The highest BCUT2D eigenvalue weighted by Crippen LogP contribution is 2.17. The van der Waals surface area contributed by atoms with Gasteiger partial charge in [-0.15, -0.1) is 0 Å². The van der Waals surface area contributed by atoms with E-state index in [1.807, 2.05) is 5.38 Å². The molecule has 1 amide bonds. The maximum absolute atomic E-state index is 11.5. The number of hydrogen-bond acceptors (Lipinski definition) is 3. The van der Waals surface area contributed by atoms with Crippen molar-refractivity contribution in [3.8, 4) is 6.07 Å². The summed E-state index contributed by atoms with van der Waals surface area (Å²) in [5, 5.41) is 12.9. The van der Waals surface area contributed by atoms with Crippen molar-refractivity contribution >= 4 is 17.2 Å². The third-order valence-electron chi connectivity index (χ3n) is 2.65. The molecule has 0 aliphatic carbocycles. The molecule has 1 saturated heterocycles. The number of carbonyl (C=O) groups excluding carboxylic acids is 1. The minimum atomic E-state index is -0.0972. The molecule has 3 nitrogen and oxygen atoms in total. The third kappa shape index (κ3) is 2.37. The number of nitrogens with zero attached hydrogens (tertiary/aromatic N) is 2. The normalized spacial score (nSPS) is 20.6. The van der Waals surface area contributed by atoms with E-state index in [1.165, 1.54) is 5.56 Å². The molecule has 1 aliphatic rings. The average Bonchev–Trinajstić information content (AvgIpc) is 2.84. The summed E-state index contributed by atoms with van der Waals surface area (Å²) in [5.74, 6) is 0.0248. The van der Waals surface area contributed by atoms with E-state index in [1.54, 1.807) is 16.2 Å². The van der Waals surface area contributed by atoms with Gasteiger partial charge >= 0.3 is 0 Å². The second-order valence-electron chi connectivity index (χ2n) is 3.75. The van der Waals surface area contributed by atoms with Gasteiger partial charge in [0.05, 0.1) is 12.0 Å². The van der Waals surface area contributed by atoms with Crippen molar-refractivity contribution in [3.05, 3.63) is 22.4 Å². The van der Waals surface area contributed by atoms with Crippen molar-refractivity contribution in [2.24, 2.45) is 5.92 Å². The molecule has 1 aliphatic heterocycles. The smallest absolute Gasteiger partial charge is 0.224 e. The number of hydrogen-bond donors (Lipinski definition) is 0. The summed E-state index contributed by atoms with van der Waals surface area (Å²) < 4.78 is 0. The predicted octanol–water partition coefficient (Wildman–Crippen LogP) is 1.66. The Morgan fingerprint density at radius 2 is 2.53 bits per heavy atom. The second kappa shape index (κ2) is 4.45. The molecule has 0 saturated carbocycles. The molecule has 78 valence electrons. The Morgan fingerprint density at radius 1 is 1.67 bits per heavy atom. The van der Waals surface area contributed by atoms with Gasteiger partial charge in [0.1, 0.15) is 0 Å². The summed E-state index contributed by atoms with van der Waals surface area (Å²) in [6, 6.07) is 4.23. The lowest BCUT2D eigenvalue weighted by atomic mass is 10.1. The molecular weight excluding hydrogens is 208 g/mol. The van der Waals surface area contributed by atoms with E-state index in [0.29, 0.717) is 13.0 Å². The lowest BCUT2D eigenvalue weighted by Gasteiger charge is -2.14. The molecule has 1 aromatic heterocycles. The summed E-state index contributed by atoms with van der Waals surface area (Å²) in [7, 11) is 0. The van der Waals surface area contributed by atoms with Gasteiger partial charge in [0, 0.05) is 19.5 Å². The fourth-order valence-corrected chi connectivity index (χ4v) is 2.48. The standard InChI is InChI=1S/C11H12N2OS/c12-6-10-5-11(14)13(7-10)3-1-9-2-4-15-8-9/h2,4,8,10H,1,3,5,7H2. The first-order valence-electron chi connectivity index (χ1n) is 4.98. The van der Waals surface area contributed by atoms with Crippen LogP contribution in [0.15, 0.2) is 16.8 Å². The Kier molecular flexibility index (Phi) is 3.02. The molecule has 4 heteroatoms. The van der Waals surface area contributed by atoms with Gasteiger partial charge in [-0.2, -0.15) is 16.6 Å². The summed E-state index contributed by atoms with van der Waals surface area (Å²) in [6.07, 6.45) is 1.30. The first kappa shape index (κ1) is 10.2. The van der Waals surface area contributed by atoms with E-state index in [0.717, 1.165) is 13.0 Å². The Bertz CT molecular complexity index is 380.